The molecule has 0 atom stereocenters. The van der Waals surface area contributed by atoms with Crippen molar-refractivity contribution in [1.82, 2.24) is 0 Å². The molecule has 0 saturated carbocycles. The van der Waals surface area contributed by atoms with Crippen LogP contribution in [0.5, 0.6) is 0 Å². The molecule has 0 saturated heterocycles. The predicted octanol–water partition coefficient (Wildman–Crippen LogP) is 3.95. The molecule has 120 valence electrons. The summed E-state index contributed by atoms with van der Waals surface area (Å²) >= 11 is 0. The van der Waals surface area contributed by atoms with E-state index in [0.29, 0.717) is 0 Å². The standard InChI is InChI=1S/C22H22N2/c1-4-24(5-2)18-10-11-21-16(14-18)13-17-12-15(3)19-8-6-7-9-20(19)22(17)23-21/h6-12,14H,3-5,13H2,1-2H3. The van der Waals surface area contributed by atoms with Crippen LogP contribution in [0.25, 0.3) is 17.4 Å². The first-order valence-corrected chi connectivity index (χ1v) is 8.67. The molecular formula is C22H22N2. The van der Waals surface area contributed by atoms with Gasteiger partial charge in [0.2, 0.25) is 0 Å². The SMILES string of the molecule is C=c1cc2c(c3ccccc13)=Nc1ccc(N(CC)CC)cc1C2. The second-order valence-corrected chi connectivity index (χ2v) is 6.36. The van der Waals surface area contributed by atoms with Gasteiger partial charge in [-0.15, -0.1) is 0 Å². The molecule has 0 amide bonds. The topological polar surface area (TPSA) is 15.6 Å². The van der Waals surface area contributed by atoms with E-state index in [4.69, 9.17) is 4.99 Å². The maximum absolute atomic E-state index is 4.98. The molecule has 1 heterocycles. The molecule has 0 bridgehead atoms. The number of rotatable bonds is 3. The van der Waals surface area contributed by atoms with E-state index in [1.54, 1.807) is 0 Å². The van der Waals surface area contributed by atoms with E-state index < -0.39 is 0 Å². The highest BCUT2D eigenvalue weighted by atomic mass is 15.1. The Bertz CT molecular complexity index is 1030. The minimum atomic E-state index is 0.927. The van der Waals surface area contributed by atoms with Crippen LogP contribution in [-0.2, 0) is 6.42 Å². The Labute approximate surface area is 142 Å². The van der Waals surface area contributed by atoms with E-state index >= 15 is 0 Å². The zero-order valence-electron chi connectivity index (χ0n) is 14.3. The van der Waals surface area contributed by atoms with Crippen molar-refractivity contribution in [3.8, 4) is 0 Å². The first-order chi connectivity index (χ1) is 11.7. The van der Waals surface area contributed by atoms with Crippen molar-refractivity contribution in [2.24, 2.45) is 4.99 Å². The van der Waals surface area contributed by atoms with Crippen LogP contribution in [0.1, 0.15) is 25.0 Å². The normalized spacial score (nSPS) is 12.4. The summed E-state index contributed by atoms with van der Waals surface area (Å²) in [4.78, 5) is 7.36. The molecule has 0 unspecified atom stereocenters. The van der Waals surface area contributed by atoms with E-state index in [1.165, 1.54) is 27.6 Å². The third-order valence-electron chi connectivity index (χ3n) is 4.99. The van der Waals surface area contributed by atoms with E-state index in [-0.39, 0.29) is 0 Å². The fraction of sp³-hybridized carbons (Fsp3) is 0.227. The lowest BCUT2D eigenvalue weighted by Gasteiger charge is -2.23. The zero-order valence-corrected chi connectivity index (χ0v) is 14.3. The van der Waals surface area contributed by atoms with Crippen LogP contribution in [0.3, 0.4) is 0 Å². The van der Waals surface area contributed by atoms with Gasteiger partial charge in [0.05, 0.1) is 11.0 Å². The Morgan fingerprint density at radius 2 is 1.71 bits per heavy atom. The molecule has 0 fully saturated rings. The number of benzene rings is 3. The Kier molecular flexibility index (Phi) is 3.61. The number of nitrogens with zero attached hydrogens (tertiary/aromatic N) is 2. The first kappa shape index (κ1) is 14.9. The summed E-state index contributed by atoms with van der Waals surface area (Å²) in [6.45, 7) is 10.7. The van der Waals surface area contributed by atoms with Crippen molar-refractivity contribution in [2.45, 2.75) is 20.3 Å². The van der Waals surface area contributed by atoms with E-state index in [0.717, 1.165) is 35.8 Å². The van der Waals surface area contributed by atoms with Crippen LogP contribution in [-0.4, -0.2) is 13.1 Å². The molecule has 3 aromatic rings. The van der Waals surface area contributed by atoms with Gasteiger partial charge in [0.1, 0.15) is 0 Å². The number of hydrogen-bond acceptors (Lipinski definition) is 2. The molecule has 1 aliphatic heterocycles. The highest BCUT2D eigenvalue weighted by Gasteiger charge is 2.15. The summed E-state index contributed by atoms with van der Waals surface area (Å²) in [5.41, 5.74) is 4.97. The maximum atomic E-state index is 4.98. The predicted molar refractivity (Wildman–Crippen MR) is 103 cm³/mol. The van der Waals surface area contributed by atoms with Gasteiger partial charge in [0.15, 0.2) is 0 Å². The minimum Gasteiger partial charge on any atom is -0.372 e. The molecular weight excluding hydrogens is 292 g/mol. The van der Waals surface area contributed by atoms with E-state index in [1.807, 2.05) is 0 Å². The lowest BCUT2D eigenvalue weighted by atomic mass is 9.95. The molecule has 3 aromatic carbocycles. The molecule has 1 aliphatic rings. The van der Waals surface area contributed by atoms with Crippen molar-refractivity contribution in [3.63, 3.8) is 0 Å². The van der Waals surface area contributed by atoms with Gasteiger partial charge in [0, 0.05) is 30.6 Å². The fourth-order valence-corrected chi connectivity index (χ4v) is 3.70. The smallest absolute Gasteiger partial charge is 0.0751 e. The highest BCUT2D eigenvalue weighted by Crippen LogP contribution is 2.29. The van der Waals surface area contributed by atoms with Crippen LogP contribution < -0.4 is 15.5 Å². The van der Waals surface area contributed by atoms with Gasteiger partial charge in [-0.25, -0.2) is 4.99 Å². The molecule has 0 aliphatic carbocycles. The number of hydrogen-bond donors (Lipinski definition) is 0. The highest BCUT2D eigenvalue weighted by molar-refractivity contribution is 5.84. The summed E-state index contributed by atoms with van der Waals surface area (Å²) in [5, 5.41) is 4.60. The third-order valence-corrected chi connectivity index (χ3v) is 4.99. The lowest BCUT2D eigenvalue weighted by Crippen LogP contribution is -2.23. The Morgan fingerprint density at radius 1 is 0.958 bits per heavy atom. The molecule has 24 heavy (non-hydrogen) atoms. The maximum Gasteiger partial charge on any atom is 0.0751 e. The average molecular weight is 314 g/mol. The summed E-state index contributed by atoms with van der Waals surface area (Å²) < 4.78 is 0. The van der Waals surface area contributed by atoms with Crippen LogP contribution in [0, 0.1) is 0 Å². The third kappa shape index (κ3) is 2.30. The molecule has 2 nitrogen and oxygen atoms in total. The van der Waals surface area contributed by atoms with Crippen molar-refractivity contribution in [1.29, 1.82) is 0 Å². The second kappa shape index (κ2) is 5.79. The Morgan fingerprint density at radius 3 is 2.46 bits per heavy atom. The zero-order chi connectivity index (χ0) is 16.7. The Balaban J connectivity index is 1.93. The van der Waals surface area contributed by atoms with Crippen LogP contribution in [0.2, 0.25) is 0 Å². The molecule has 0 radical (unpaired) electrons. The largest absolute Gasteiger partial charge is 0.372 e. The minimum absolute atomic E-state index is 0.927. The molecule has 4 rings (SSSR count). The number of anilines is 1. The van der Waals surface area contributed by atoms with Gasteiger partial charge in [-0.2, -0.15) is 0 Å². The van der Waals surface area contributed by atoms with Gasteiger partial charge >= 0.3 is 0 Å². The van der Waals surface area contributed by atoms with Crippen molar-refractivity contribution < 1.29 is 0 Å². The van der Waals surface area contributed by atoms with E-state index in [2.05, 4.69) is 73.9 Å². The molecule has 0 aromatic heterocycles. The van der Waals surface area contributed by atoms with Crippen LogP contribution in [0.15, 0.2) is 53.5 Å². The Hall–Kier alpha value is -2.61. The summed E-state index contributed by atoms with van der Waals surface area (Å²) in [7, 11) is 0. The molecule has 2 heteroatoms. The second-order valence-electron chi connectivity index (χ2n) is 6.36. The average Bonchev–Trinajstić information content (AvgIpc) is 2.62. The molecule has 0 spiro atoms. The van der Waals surface area contributed by atoms with Gasteiger partial charge in [-0.3, -0.25) is 0 Å². The molecule has 0 N–H and O–H groups in total. The van der Waals surface area contributed by atoms with Crippen molar-refractivity contribution in [3.05, 3.63) is 70.2 Å². The lowest BCUT2D eigenvalue weighted by molar-refractivity contribution is 0.864. The van der Waals surface area contributed by atoms with Crippen LogP contribution >= 0.6 is 0 Å². The summed E-state index contributed by atoms with van der Waals surface area (Å²) in [6.07, 6.45) is 0.927. The quantitative estimate of drug-likeness (QED) is 0.559. The fourth-order valence-electron chi connectivity index (χ4n) is 3.70. The van der Waals surface area contributed by atoms with Crippen LogP contribution in [0.4, 0.5) is 11.4 Å². The van der Waals surface area contributed by atoms with Crippen molar-refractivity contribution in [2.75, 3.05) is 18.0 Å². The van der Waals surface area contributed by atoms with Gasteiger partial charge in [-0.05, 0) is 59.8 Å². The number of fused-ring (bicyclic) bond motifs is 4. The summed E-state index contributed by atoms with van der Waals surface area (Å²) in [5.74, 6) is 0. The van der Waals surface area contributed by atoms with Gasteiger partial charge < -0.3 is 4.90 Å². The van der Waals surface area contributed by atoms with E-state index in [9.17, 15) is 0 Å². The summed E-state index contributed by atoms with van der Waals surface area (Å²) in [6, 6.07) is 17.3. The first-order valence-electron chi connectivity index (χ1n) is 8.67. The monoisotopic (exact) mass is 314 g/mol. The van der Waals surface area contributed by atoms with Gasteiger partial charge in [-0.1, -0.05) is 30.8 Å². The van der Waals surface area contributed by atoms with Crippen molar-refractivity contribution >= 4 is 28.7 Å². The van der Waals surface area contributed by atoms with Gasteiger partial charge in [0.25, 0.3) is 0 Å².